The van der Waals surface area contributed by atoms with E-state index in [4.69, 9.17) is 0 Å². The van der Waals surface area contributed by atoms with Crippen LogP contribution in [0.2, 0.25) is 0 Å². The van der Waals surface area contributed by atoms with Crippen molar-refractivity contribution >= 4 is 17.5 Å². The lowest BCUT2D eigenvalue weighted by atomic mass is 9.92. The number of para-hydroxylation sites is 1. The van der Waals surface area contributed by atoms with Gasteiger partial charge in [-0.2, -0.15) is 0 Å². The summed E-state index contributed by atoms with van der Waals surface area (Å²) >= 11 is 0. The molecular weight excluding hydrogens is 362 g/mol. The Hall–Kier alpha value is -2.66. The van der Waals surface area contributed by atoms with Crippen LogP contribution in [-0.4, -0.2) is 42.9 Å². The molecule has 2 aromatic carbocycles. The predicted molar refractivity (Wildman–Crippen MR) is 117 cm³/mol. The number of hydrogen-bond acceptors (Lipinski definition) is 3. The maximum absolute atomic E-state index is 12.6. The lowest BCUT2D eigenvalue weighted by Crippen LogP contribution is -2.43. The molecule has 1 heterocycles. The van der Waals surface area contributed by atoms with Crippen LogP contribution in [0.5, 0.6) is 0 Å². The average Bonchev–Trinajstić information content (AvgIpc) is 2.68. The summed E-state index contributed by atoms with van der Waals surface area (Å²) in [5.74, 6) is 0.969. The lowest BCUT2D eigenvalue weighted by molar-refractivity contribution is -0.117. The highest BCUT2D eigenvalue weighted by Crippen LogP contribution is 2.21. The fourth-order valence-corrected chi connectivity index (χ4v) is 4.16. The van der Waals surface area contributed by atoms with Gasteiger partial charge in [0.2, 0.25) is 5.91 Å². The van der Waals surface area contributed by atoms with Gasteiger partial charge in [0.1, 0.15) is 0 Å². The van der Waals surface area contributed by atoms with Crippen molar-refractivity contribution in [3.05, 3.63) is 65.7 Å². The molecule has 29 heavy (non-hydrogen) atoms. The SMILES string of the molecule is C[C@H]1C[C@H](C)CN(CC(=O)Nc2ccccc2C(=O)NCCc2ccccc2)C1. The maximum Gasteiger partial charge on any atom is 0.253 e. The van der Waals surface area contributed by atoms with Crippen LogP contribution in [0.25, 0.3) is 0 Å². The highest BCUT2D eigenvalue weighted by Gasteiger charge is 2.23. The fourth-order valence-electron chi connectivity index (χ4n) is 4.16. The van der Waals surface area contributed by atoms with Crippen molar-refractivity contribution in [1.82, 2.24) is 10.2 Å². The number of nitrogens with zero attached hydrogens (tertiary/aromatic N) is 1. The van der Waals surface area contributed by atoms with E-state index in [2.05, 4.69) is 29.4 Å². The molecule has 0 spiro atoms. The Morgan fingerprint density at radius 3 is 2.34 bits per heavy atom. The molecule has 0 bridgehead atoms. The second-order valence-corrected chi connectivity index (χ2v) is 8.23. The largest absolute Gasteiger partial charge is 0.352 e. The van der Waals surface area contributed by atoms with Gasteiger partial charge in [-0.25, -0.2) is 0 Å². The van der Waals surface area contributed by atoms with Crippen molar-refractivity contribution in [2.24, 2.45) is 11.8 Å². The van der Waals surface area contributed by atoms with E-state index in [1.165, 1.54) is 12.0 Å². The minimum absolute atomic E-state index is 0.0733. The van der Waals surface area contributed by atoms with E-state index in [1.54, 1.807) is 12.1 Å². The first kappa shape index (κ1) is 21.1. The summed E-state index contributed by atoms with van der Waals surface area (Å²) in [5.41, 5.74) is 2.24. The molecular formula is C24H31N3O2. The van der Waals surface area contributed by atoms with E-state index < -0.39 is 0 Å². The zero-order valence-corrected chi connectivity index (χ0v) is 17.4. The van der Waals surface area contributed by atoms with Gasteiger partial charge in [-0.15, -0.1) is 0 Å². The van der Waals surface area contributed by atoms with Crippen LogP contribution < -0.4 is 10.6 Å². The molecule has 2 aromatic rings. The van der Waals surface area contributed by atoms with Gasteiger partial charge < -0.3 is 10.6 Å². The van der Waals surface area contributed by atoms with Crippen molar-refractivity contribution < 1.29 is 9.59 Å². The van der Waals surface area contributed by atoms with Gasteiger partial charge in [-0.05, 0) is 42.4 Å². The van der Waals surface area contributed by atoms with E-state index in [0.29, 0.717) is 36.2 Å². The highest BCUT2D eigenvalue weighted by molar-refractivity contribution is 6.04. The average molecular weight is 394 g/mol. The number of piperidine rings is 1. The Labute approximate surface area is 173 Å². The van der Waals surface area contributed by atoms with E-state index >= 15 is 0 Å². The molecule has 2 amide bonds. The zero-order chi connectivity index (χ0) is 20.6. The molecule has 1 saturated heterocycles. The summed E-state index contributed by atoms with van der Waals surface area (Å²) in [5, 5.41) is 5.89. The Morgan fingerprint density at radius 1 is 0.966 bits per heavy atom. The van der Waals surface area contributed by atoms with Crippen LogP contribution in [-0.2, 0) is 11.2 Å². The topological polar surface area (TPSA) is 61.4 Å². The fraction of sp³-hybridized carbons (Fsp3) is 0.417. The van der Waals surface area contributed by atoms with Gasteiger partial charge in [0.15, 0.2) is 0 Å². The monoisotopic (exact) mass is 393 g/mol. The quantitative estimate of drug-likeness (QED) is 0.756. The van der Waals surface area contributed by atoms with Crippen LogP contribution >= 0.6 is 0 Å². The van der Waals surface area contributed by atoms with E-state index in [9.17, 15) is 9.59 Å². The molecule has 2 atom stereocenters. The first-order valence-corrected chi connectivity index (χ1v) is 10.4. The van der Waals surface area contributed by atoms with Gasteiger partial charge in [0.25, 0.3) is 5.91 Å². The zero-order valence-electron chi connectivity index (χ0n) is 17.4. The van der Waals surface area contributed by atoms with Crippen molar-refractivity contribution in [3.63, 3.8) is 0 Å². The molecule has 0 unspecified atom stereocenters. The standard InChI is InChI=1S/C24H31N3O2/c1-18-14-19(2)16-27(15-18)17-23(28)26-22-11-7-6-10-21(22)24(29)25-13-12-20-8-4-3-5-9-20/h3-11,18-19H,12-17H2,1-2H3,(H,25,29)(H,26,28)/t18-,19-/m0/s1. The smallest absolute Gasteiger partial charge is 0.253 e. The maximum atomic E-state index is 12.6. The molecule has 0 aromatic heterocycles. The summed E-state index contributed by atoms with van der Waals surface area (Å²) in [6.45, 7) is 7.26. The number of hydrogen-bond donors (Lipinski definition) is 2. The van der Waals surface area contributed by atoms with Gasteiger partial charge in [-0.1, -0.05) is 56.3 Å². The molecule has 5 nitrogen and oxygen atoms in total. The number of rotatable bonds is 7. The second kappa shape index (κ2) is 10.2. The predicted octanol–water partition coefficient (Wildman–Crippen LogP) is 3.58. The van der Waals surface area contributed by atoms with Crippen molar-refractivity contribution in [3.8, 4) is 0 Å². The van der Waals surface area contributed by atoms with Crippen LogP contribution in [0.15, 0.2) is 54.6 Å². The number of nitrogens with one attached hydrogen (secondary N) is 2. The molecule has 1 aliphatic heterocycles. The summed E-state index contributed by atoms with van der Waals surface area (Å²) in [6.07, 6.45) is 1.98. The third kappa shape index (κ3) is 6.43. The molecule has 3 rings (SSSR count). The molecule has 0 radical (unpaired) electrons. The molecule has 0 aliphatic carbocycles. The van der Waals surface area contributed by atoms with Crippen LogP contribution in [0, 0.1) is 11.8 Å². The molecule has 5 heteroatoms. The van der Waals surface area contributed by atoms with Crippen LogP contribution in [0.3, 0.4) is 0 Å². The van der Waals surface area contributed by atoms with Gasteiger partial charge >= 0.3 is 0 Å². The Morgan fingerprint density at radius 2 is 1.62 bits per heavy atom. The Balaban J connectivity index is 1.55. The van der Waals surface area contributed by atoms with Crippen LogP contribution in [0.4, 0.5) is 5.69 Å². The van der Waals surface area contributed by atoms with E-state index in [1.807, 2.05) is 42.5 Å². The third-order valence-electron chi connectivity index (χ3n) is 5.30. The number of carbonyl (C=O) groups is 2. The number of carbonyl (C=O) groups excluding carboxylic acids is 2. The van der Waals surface area contributed by atoms with Crippen molar-refractivity contribution in [2.75, 3.05) is 31.5 Å². The summed E-state index contributed by atoms with van der Waals surface area (Å²) in [4.78, 5) is 27.4. The molecule has 154 valence electrons. The number of likely N-dealkylation sites (tertiary alicyclic amines) is 1. The summed E-state index contributed by atoms with van der Waals surface area (Å²) in [6, 6.07) is 17.2. The van der Waals surface area contributed by atoms with Gasteiger partial charge in [-0.3, -0.25) is 14.5 Å². The molecule has 2 N–H and O–H groups in total. The number of anilines is 1. The minimum Gasteiger partial charge on any atom is -0.352 e. The summed E-state index contributed by atoms with van der Waals surface area (Å²) in [7, 11) is 0. The van der Waals surface area contributed by atoms with Crippen molar-refractivity contribution in [1.29, 1.82) is 0 Å². The normalized spacial score (nSPS) is 19.5. The second-order valence-electron chi connectivity index (χ2n) is 8.23. The van der Waals surface area contributed by atoms with E-state index in [0.717, 1.165) is 19.5 Å². The Bertz CT molecular complexity index is 812. The van der Waals surface area contributed by atoms with Crippen molar-refractivity contribution in [2.45, 2.75) is 26.7 Å². The van der Waals surface area contributed by atoms with Crippen LogP contribution in [0.1, 0.15) is 36.2 Å². The molecule has 1 fully saturated rings. The highest BCUT2D eigenvalue weighted by atomic mass is 16.2. The number of benzene rings is 2. The Kier molecular flexibility index (Phi) is 7.42. The number of amides is 2. The van der Waals surface area contributed by atoms with Gasteiger partial charge in [0.05, 0.1) is 17.8 Å². The lowest BCUT2D eigenvalue weighted by Gasteiger charge is -2.34. The van der Waals surface area contributed by atoms with Gasteiger partial charge in [0, 0.05) is 19.6 Å². The minimum atomic E-state index is -0.169. The summed E-state index contributed by atoms with van der Waals surface area (Å²) < 4.78 is 0. The third-order valence-corrected chi connectivity index (χ3v) is 5.30. The molecule has 0 saturated carbocycles. The first-order chi connectivity index (χ1) is 14.0. The molecule has 1 aliphatic rings. The van der Waals surface area contributed by atoms with E-state index in [-0.39, 0.29) is 11.8 Å². The first-order valence-electron chi connectivity index (χ1n) is 10.4.